The Balaban J connectivity index is 2.06. The van der Waals surface area contributed by atoms with E-state index in [0.717, 1.165) is 11.1 Å². The third kappa shape index (κ3) is 2.95. The van der Waals surface area contributed by atoms with Gasteiger partial charge in [0.05, 0.1) is 17.4 Å². The Bertz CT molecular complexity index is 522. The van der Waals surface area contributed by atoms with E-state index in [9.17, 15) is 9.59 Å². The van der Waals surface area contributed by atoms with Gasteiger partial charge in [-0.05, 0) is 32.8 Å². The molecule has 1 aliphatic rings. The average Bonchev–Trinajstić information content (AvgIpc) is 3.08. The SMILES string of the molecule is Cc1cccc(C(C)(C)NC(=O)[C@H]2C[C@H]2C(=O)O)c1. The summed E-state index contributed by atoms with van der Waals surface area (Å²) in [5.74, 6) is -1.93. The molecular weight excluding hydrogens is 242 g/mol. The quantitative estimate of drug-likeness (QED) is 0.872. The standard InChI is InChI=1S/C15H19NO3/c1-9-5-4-6-10(7-9)15(2,3)16-13(17)11-8-12(11)14(18)19/h4-7,11-12H,8H2,1-3H3,(H,16,17)(H,18,19)/t11-,12+/m0/s1. The predicted octanol–water partition coefficient (Wildman–Crippen LogP) is 2.07. The number of carboxylic acid groups (broad SMARTS) is 1. The van der Waals surface area contributed by atoms with Gasteiger partial charge in [-0.15, -0.1) is 0 Å². The molecule has 0 heterocycles. The van der Waals surface area contributed by atoms with E-state index in [0.29, 0.717) is 6.42 Å². The molecule has 1 amide bonds. The number of carbonyl (C=O) groups excluding carboxylic acids is 1. The fraction of sp³-hybridized carbons (Fsp3) is 0.467. The highest BCUT2D eigenvalue weighted by molar-refractivity contribution is 5.89. The molecule has 0 unspecified atom stereocenters. The maximum atomic E-state index is 12.0. The van der Waals surface area contributed by atoms with Crippen molar-refractivity contribution in [2.75, 3.05) is 0 Å². The highest BCUT2D eigenvalue weighted by atomic mass is 16.4. The first kappa shape index (κ1) is 13.6. The summed E-state index contributed by atoms with van der Waals surface area (Å²) in [6, 6.07) is 7.95. The number of carbonyl (C=O) groups is 2. The minimum atomic E-state index is -0.881. The van der Waals surface area contributed by atoms with Crippen LogP contribution in [0.4, 0.5) is 0 Å². The van der Waals surface area contributed by atoms with Gasteiger partial charge < -0.3 is 10.4 Å². The first-order valence-electron chi connectivity index (χ1n) is 6.43. The average molecular weight is 261 g/mol. The molecule has 2 rings (SSSR count). The Kier molecular flexibility index (Phi) is 3.35. The maximum absolute atomic E-state index is 12.0. The van der Waals surface area contributed by atoms with E-state index in [4.69, 9.17) is 5.11 Å². The van der Waals surface area contributed by atoms with Gasteiger partial charge in [0.2, 0.25) is 5.91 Å². The third-order valence-electron chi connectivity index (χ3n) is 3.62. The van der Waals surface area contributed by atoms with E-state index >= 15 is 0 Å². The number of aliphatic carboxylic acids is 1. The van der Waals surface area contributed by atoms with Crippen molar-refractivity contribution in [1.82, 2.24) is 5.32 Å². The topological polar surface area (TPSA) is 66.4 Å². The second-order valence-electron chi connectivity index (χ2n) is 5.77. The number of rotatable bonds is 4. The predicted molar refractivity (Wildman–Crippen MR) is 71.6 cm³/mol. The molecule has 4 heteroatoms. The van der Waals surface area contributed by atoms with Crippen molar-refractivity contribution in [2.45, 2.75) is 32.7 Å². The second kappa shape index (κ2) is 4.68. The van der Waals surface area contributed by atoms with Gasteiger partial charge in [-0.25, -0.2) is 0 Å². The van der Waals surface area contributed by atoms with Crippen molar-refractivity contribution in [3.8, 4) is 0 Å². The molecular formula is C15H19NO3. The lowest BCUT2D eigenvalue weighted by Crippen LogP contribution is -2.42. The van der Waals surface area contributed by atoms with Crippen LogP contribution in [0.25, 0.3) is 0 Å². The molecule has 1 aromatic carbocycles. The summed E-state index contributed by atoms with van der Waals surface area (Å²) in [6.07, 6.45) is 0.449. The summed E-state index contributed by atoms with van der Waals surface area (Å²) in [6.45, 7) is 5.86. The first-order valence-corrected chi connectivity index (χ1v) is 6.43. The summed E-state index contributed by atoms with van der Waals surface area (Å²) in [5, 5.41) is 11.8. The van der Waals surface area contributed by atoms with Gasteiger partial charge in [0.25, 0.3) is 0 Å². The molecule has 0 spiro atoms. The van der Waals surface area contributed by atoms with Crippen LogP contribution < -0.4 is 5.32 Å². The minimum absolute atomic E-state index is 0.168. The van der Waals surface area contributed by atoms with Crippen LogP contribution in [0, 0.1) is 18.8 Å². The number of amides is 1. The summed E-state index contributed by atoms with van der Waals surface area (Å²) >= 11 is 0. The molecule has 0 aromatic heterocycles. The number of hydrogen-bond acceptors (Lipinski definition) is 2. The minimum Gasteiger partial charge on any atom is -0.481 e. The molecule has 2 atom stereocenters. The normalized spacial score (nSPS) is 21.8. The van der Waals surface area contributed by atoms with Gasteiger partial charge in [-0.2, -0.15) is 0 Å². The molecule has 102 valence electrons. The molecule has 1 aliphatic carbocycles. The summed E-state index contributed by atoms with van der Waals surface area (Å²) in [4.78, 5) is 22.8. The molecule has 4 nitrogen and oxygen atoms in total. The van der Waals surface area contributed by atoms with E-state index in [2.05, 4.69) is 5.32 Å². The number of aryl methyl sites for hydroxylation is 1. The summed E-state index contributed by atoms with van der Waals surface area (Å²) in [7, 11) is 0. The fourth-order valence-electron chi connectivity index (χ4n) is 2.26. The Morgan fingerprint density at radius 3 is 2.53 bits per heavy atom. The van der Waals surface area contributed by atoms with Crippen LogP contribution in [0.3, 0.4) is 0 Å². The lowest BCUT2D eigenvalue weighted by atomic mass is 9.92. The number of carboxylic acids is 1. The van der Waals surface area contributed by atoms with Crippen LogP contribution in [0.1, 0.15) is 31.4 Å². The molecule has 0 radical (unpaired) electrons. The summed E-state index contributed by atoms with van der Waals surface area (Å²) < 4.78 is 0. The van der Waals surface area contributed by atoms with E-state index in [-0.39, 0.29) is 11.8 Å². The van der Waals surface area contributed by atoms with E-state index in [1.54, 1.807) is 0 Å². The molecule has 0 aliphatic heterocycles. The number of nitrogens with one attached hydrogen (secondary N) is 1. The summed E-state index contributed by atoms with van der Waals surface area (Å²) in [5.41, 5.74) is 1.66. The zero-order chi connectivity index (χ0) is 14.2. The van der Waals surface area contributed by atoms with Crippen LogP contribution in [0.5, 0.6) is 0 Å². The van der Waals surface area contributed by atoms with Gasteiger partial charge in [0.15, 0.2) is 0 Å². The first-order chi connectivity index (χ1) is 8.81. The van der Waals surface area contributed by atoms with E-state index in [1.165, 1.54) is 0 Å². The van der Waals surface area contributed by atoms with Gasteiger partial charge in [0, 0.05) is 0 Å². The number of hydrogen-bond donors (Lipinski definition) is 2. The van der Waals surface area contributed by atoms with Crippen LogP contribution in [0.2, 0.25) is 0 Å². The molecule has 1 saturated carbocycles. The zero-order valence-electron chi connectivity index (χ0n) is 11.4. The second-order valence-corrected chi connectivity index (χ2v) is 5.77. The molecule has 0 bridgehead atoms. The monoisotopic (exact) mass is 261 g/mol. The Morgan fingerprint density at radius 1 is 1.32 bits per heavy atom. The lowest BCUT2D eigenvalue weighted by Gasteiger charge is -2.27. The van der Waals surface area contributed by atoms with Crippen molar-refractivity contribution in [2.24, 2.45) is 11.8 Å². The highest BCUT2D eigenvalue weighted by Gasteiger charge is 2.49. The molecule has 2 N–H and O–H groups in total. The van der Waals surface area contributed by atoms with Gasteiger partial charge in [-0.1, -0.05) is 29.8 Å². The van der Waals surface area contributed by atoms with Crippen LogP contribution in [0.15, 0.2) is 24.3 Å². The maximum Gasteiger partial charge on any atom is 0.307 e. The highest BCUT2D eigenvalue weighted by Crippen LogP contribution is 2.39. The third-order valence-corrected chi connectivity index (χ3v) is 3.62. The van der Waals surface area contributed by atoms with Crippen molar-refractivity contribution < 1.29 is 14.7 Å². The largest absolute Gasteiger partial charge is 0.481 e. The van der Waals surface area contributed by atoms with Crippen molar-refractivity contribution in [1.29, 1.82) is 0 Å². The Morgan fingerprint density at radius 2 is 2.00 bits per heavy atom. The van der Waals surface area contributed by atoms with Crippen molar-refractivity contribution in [3.63, 3.8) is 0 Å². The van der Waals surface area contributed by atoms with E-state index in [1.807, 2.05) is 45.0 Å². The Hall–Kier alpha value is -1.84. The molecule has 1 fully saturated rings. The molecule has 19 heavy (non-hydrogen) atoms. The smallest absolute Gasteiger partial charge is 0.307 e. The van der Waals surface area contributed by atoms with Crippen LogP contribution in [-0.4, -0.2) is 17.0 Å². The Labute approximate surface area is 112 Å². The lowest BCUT2D eigenvalue weighted by molar-refractivity contribution is -0.140. The molecule has 0 saturated heterocycles. The van der Waals surface area contributed by atoms with Crippen molar-refractivity contribution in [3.05, 3.63) is 35.4 Å². The zero-order valence-corrected chi connectivity index (χ0v) is 11.4. The molecule has 1 aromatic rings. The van der Waals surface area contributed by atoms with Gasteiger partial charge in [-0.3, -0.25) is 9.59 Å². The van der Waals surface area contributed by atoms with Crippen LogP contribution in [-0.2, 0) is 15.1 Å². The van der Waals surface area contributed by atoms with Gasteiger partial charge >= 0.3 is 5.97 Å². The van der Waals surface area contributed by atoms with Crippen molar-refractivity contribution >= 4 is 11.9 Å². The number of benzene rings is 1. The van der Waals surface area contributed by atoms with E-state index < -0.39 is 17.4 Å². The fourth-order valence-corrected chi connectivity index (χ4v) is 2.26. The van der Waals surface area contributed by atoms with Gasteiger partial charge in [0.1, 0.15) is 0 Å². The van der Waals surface area contributed by atoms with Crippen LogP contribution >= 0.6 is 0 Å².